The van der Waals surface area contributed by atoms with Crippen LogP contribution >= 0.6 is 11.8 Å². The molecular formula is C14H11N3O5S. The molecule has 0 spiro atoms. The van der Waals surface area contributed by atoms with E-state index in [4.69, 9.17) is 0 Å². The third-order valence-electron chi connectivity index (χ3n) is 2.97. The van der Waals surface area contributed by atoms with Crippen LogP contribution in [0.25, 0.3) is 0 Å². The minimum Gasteiger partial charge on any atom is -0.306 e. The zero-order chi connectivity index (χ0) is 17.0. The Morgan fingerprint density at radius 1 is 0.913 bits per heavy atom. The summed E-state index contributed by atoms with van der Waals surface area (Å²) in [5.41, 5.74) is 0.401. The molecule has 0 saturated heterocycles. The first-order valence-corrected chi connectivity index (χ1v) is 7.14. The van der Waals surface area contributed by atoms with Gasteiger partial charge in [-0.2, -0.15) is 0 Å². The first kappa shape index (κ1) is 16.4. The monoisotopic (exact) mass is 333 g/mol. The third kappa shape index (κ3) is 4.04. The lowest BCUT2D eigenvalue weighted by molar-refractivity contribution is -0.385. The number of amides is 1. The van der Waals surface area contributed by atoms with E-state index in [1.807, 2.05) is 0 Å². The number of nitro groups is 2. The molecule has 0 atom stereocenters. The molecule has 23 heavy (non-hydrogen) atoms. The number of hydrogen-bond donors (Lipinski definition) is 0. The number of non-ortho nitro benzene ring substituents is 2. The van der Waals surface area contributed by atoms with Gasteiger partial charge in [-0.3, -0.25) is 25.0 Å². The molecule has 0 aliphatic rings. The second-order valence-corrected chi connectivity index (χ2v) is 5.48. The predicted molar refractivity (Wildman–Crippen MR) is 85.8 cm³/mol. The maximum Gasteiger partial charge on any atom is 0.290 e. The standard InChI is InChI=1S/C14H11N3O5S/c1-15(10-2-4-11(5-3-10)16(19)20)14(18)23-13-8-6-12(7-9-13)17(21)22/h2-9H,1H3. The molecule has 0 radical (unpaired) electrons. The fourth-order valence-electron chi connectivity index (χ4n) is 1.71. The van der Waals surface area contributed by atoms with Crippen molar-refractivity contribution >= 4 is 34.1 Å². The van der Waals surface area contributed by atoms with E-state index >= 15 is 0 Å². The van der Waals surface area contributed by atoms with E-state index < -0.39 is 9.85 Å². The zero-order valence-corrected chi connectivity index (χ0v) is 12.7. The van der Waals surface area contributed by atoms with Crippen LogP contribution in [-0.2, 0) is 0 Å². The quantitative estimate of drug-likeness (QED) is 0.478. The van der Waals surface area contributed by atoms with Crippen LogP contribution < -0.4 is 4.90 Å². The van der Waals surface area contributed by atoms with Gasteiger partial charge in [0.25, 0.3) is 16.6 Å². The molecular weight excluding hydrogens is 322 g/mol. The van der Waals surface area contributed by atoms with Gasteiger partial charge in [0.1, 0.15) is 0 Å². The predicted octanol–water partition coefficient (Wildman–Crippen LogP) is 3.85. The van der Waals surface area contributed by atoms with Gasteiger partial charge in [-0.25, -0.2) is 0 Å². The van der Waals surface area contributed by atoms with Gasteiger partial charge in [-0.05, 0) is 36.0 Å². The van der Waals surface area contributed by atoms with Crippen molar-refractivity contribution in [2.45, 2.75) is 4.90 Å². The number of thioether (sulfide) groups is 1. The molecule has 0 aromatic heterocycles. The molecule has 9 heteroatoms. The summed E-state index contributed by atoms with van der Waals surface area (Å²) in [6.45, 7) is 0. The van der Waals surface area contributed by atoms with Crippen molar-refractivity contribution in [1.29, 1.82) is 0 Å². The van der Waals surface area contributed by atoms with Gasteiger partial charge in [0.2, 0.25) is 0 Å². The summed E-state index contributed by atoms with van der Waals surface area (Å²) in [7, 11) is 1.54. The van der Waals surface area contributed by atoms with E-state index in [0.717, 1.165) is 11.8 Å². The van der Waals surface area contributed by atoms with Gasteiger partial charge in [0, 0.05) is 41.9 Å². The molecule has 2 rings (SSSR count). The Bertz CT molecular complexity index is 746. The number of benzene rings is 2. The van der Waals surface area contributed by atoms with Crippen molar-refractivity contribution in [3.8, 4) is 0 Å². The maximum absolute atomic E-state index is 12.2. The molecule has 2 aromatic carbocycles. The van der Waals surface area contributed by atoms with Gasteiger partial charge in [0.15, 0.2) is 0 Å². The zero-order valence-electron chi connectivity index (χ0n) is 11.9. The molecule has 8 nitrogen and oxygen atoms in total. The van der Waals surface area contributed by atoms with Gasteiger partial charge < -0.3 is 4.90 Å². The van der Waals surface area contributed by atoms with Crippen LogP contribution in [0.5, 0.6) is 0 Å². The highest BCUT2D eigenvalue weighted by atomic mass is 32.2. The van der Waals surface area contributed by atoms with Crippen molar-refractivity contribution in [3.63, 3.8) is 0 Å². The summed E-state index contributed by atoms with van der Waals surface area (Å²) < 4.78 is 0. The Morgan fingerprint density at radius 2 is 1.35 bits per heavy atom. The fourth-order valence-corrected chi connectivity index (χ4v) is 2.42. The lowest BCUT2D eigenvalue weighted by Gasteiger charge is -2.16. The third-order valence-corrected chi connectivity index (χ3v) is 3.93. The Hall–Kier alpha value is -2.94. The largest absolute Gasteiger partial charge is 0.306 e. The molecule has 0 heterocycles. The second kappa shape index (κ2) is 6.88. The summed E-state index contributed by atoms with van der Waals surface area (Å²) in [4.78, 5) is 34.2. The highest BCUT2D eigenvalue weighted by molar-refractivity contribution is 8.13. The number of rotatable bonds is 4. The molecule has 0 aliphatic carbocycles. The fraction of sp³-hybridized carbons (Fsp3) is 0.0714. The van der Waals surface area contributed by atoms with Crippen LogP contribution in [0.1, 0.15) is 0 Å². The number of anilines is 1. The van der Waals surface area contributed by atoms with Crippen LogP contribution in [0, 0.1) is 20.2 Å². The van der Waals surface area contributed by atoms with Crippen LogP contribution in [0.3, 0.4) is 0 Å². The van der Waals surface area contributed by atoms with E-state index in [1.165, 1.54) is 53.4 Å². The average Bonchev–Trinajstić information content (AvgIpc) is 2.54. The SMILES string of the molecule is CN(C(=O)Sc1ccc([N+](=O)[O-])cc1)c1ccc([N+](=O)[O-])cc1. The molecule has 0 aliphatic heterocycles. The van der Waals surface area contributed by atoms with E-state index in [9.17, 15) is 25.0 Å². The molecule has 0 saturated carbocycles. The molecule has 0 N–H and O–H groups in total. The number of carbonyl (C=O) groups excluding carboxylic acids is 1. The first-order chi connectivity index (χ1) is 10.9. The van der Waals surface area contributed by atoms with Gasteiger partial charge in [-0.15, -0.1) is 0 Å². The van der Waals surface area contributed by atoms with Crippen molar-refractivity contribution in [2.24, 2.45) is 0 Å². The molecule has 1 amide bonds. The van der Waals surface area contributed by atoms with E-state index in [-0.39, 0.29) is 16.6 Å². The Labute approximate surface area is 135 Å². The minimum absolute atomic E-state index is 0.0504. The number of hydrogen-bond acceptors (Lipinski definition) is 6. The van der Waals surface area contributed by atoms with Gasteiger partial charge in [0.05, 0.1) is 9.85 Å². The van der Waals surface area contributed by atoms with Crippen molar-refractivity contribution in [2.75, 3.05) is 11.9 Å². The summed E-state index contributed by atoms with van der Waals surface area (Å²) in [5.74, 6) is 0. The lowest BCUT2D eigenvalue weighted by Crippen LogP contribution is -2.21. The minimum atomic E-state index is -0.517. The molecule has 118 valence electrons. The Balaban J connectivity index is 2.07. The summed E-state index contributed by atoms with van der Waals surface area (Å²) in [5, 5.41) is 20.9. The number of carbonyl (C=O) groups is 1. The summed E-state index contributed by atoms with van der Waals surface area (Å²) >= 11 is 0.908. The van der Waals surface area contributed by atoms with Crippen LogP contribution in [0.2, 0.25) is 0 Å². The highest BCUT2D eigenvalue weighted by Gasteiger charge is 2.15. The summed E-state index contributed by atoms with van der Waals surface area (Å²) in [6.07, 6.45) is 0. The average molecular weight is 333 g/mol. The maximum atomic E-state index is 12.2. The van der Waals surface area contributed by atoms with Crippen LogP contribution in [0.4, 0.5) is 21.9 Å². The highest BCUT2D eigenvalue weighted by Crippen LogP contribution is 2.27. The van der Waals surface area contributed by atoms with Gasteiger partial charge in [-0.1, -0.05) is 0 Å². The molecule has 0 fully saturated rings. The van der Waals surface area contributed by atoms with E-state index in [1.54, 1.807) is 7.05 Å². The van der Waals surface area contributed by atoms with Crippen molar-refractivity contribution in [3.05, 3.63) is 68.8 Å². The van der Waals surface area contributed by atoms with Crippen molar-refractivity contribution < 1.29 is 14.6 Å². The smallest absolute Gasteiger partial charge is 0.290 e. The first-order valence-electron chi connectivity index (χ1n) is 6.33. The number of nitrogens with zero attached hydrogens (tertiary/aromatic N) is 3. The molecule has 0 bridgehead atoms. The summed E-state index contributed by atoms with van der Waals surface area (Å²) in [6, 6.07) is 11.2. The van der Waals surface area contributed by atoms with Crippen molar-refractivity contribution in [1.82, 2.24) is 0 Å². The van der Waals surface area contributed by atoms with E-state index in [2.05, 4.69) is 0 Å². The molecule has 0 unspecified atom stereocenters. The Morgan fingerprint density at radius 3 is 1.78 bits per heavy atom. The normalized spacial score (nSPS) is 10.1. The van der Waals surface area contributed by atoms with Crippen LogP contribution in [-0.4, -0.2) is 22.1 Å². The van der Waals surface area contributed by atoms with Gasteiger partial charge >= 0.3 is 0 Å². The van der Waals surface area contributed by atoms with Crippen LogP contribution in [0.15, 0.2) is 53.4 Å². The second-order valence-electron chi connectivity index (χ2n) is 4.45. The number of nitro benzene ring substituents is 2. The molecule has 2 aromatic rings. The topological polar surface area (TPSA) is 107 Å². The Kier molecular flexibility index (Phi) is 4.91. The van der Waals surface area contributed by atoms with E-state index in [0.29, 0.717) is 10.6 Å². The lowest BCUT2D eigenvalue weighted by atomic mass is 10.3.